The van der Waals surface area contributed by atoms with E-state index >= 15 is 0 Å². The van der Waals surface area contributed by atoms with Crippen molar-refractivity contribution in [3.63, 3.8) is 0 Å². The largest absolute Gasteiger partial charge is 0.335 e. The molecule has 2 bridgehead atoms. The van der Waals surface area contributed by atoms with E-state index in [-0.39, 0.29) is 11.3 Å². The van der Waals surface area contributed by atoms with Crippen molar-refractivity contribution in [1.29, 1.82) is 0 Å². The van der Waals surface area contributed by atoms with Crippen molar-refractivity contribution < 1.29 is 4.79 Å². The Bertz CT molecular complexity index is 580. The molecule has 0 N–H and O–H groups in total. The number of halogens is 2. The van der Waals surface area contributed by atoms with Gasteiger partial charge in [-0.05, 0) is 48.3 Å². The van der Waals surface area contributed by atoms with Crippen molar-refractivity contribution in [1.82, 2.24) is 4.90 Å². The maximum atomic E-state index is 12.9. The molecule has 1 aromatic carbocycles. The summed E-state index contributed by atoms with van der Waals surface area (Å²) in [6, 6.07) is 5.81. The van der Waals surface area contributed by atoms with E-state index in [9.17, 15) is 4.79 Å². The second-order valence-corrected chi connectivity index (χ2v) is 9.16. The van der Waals surface area contributed by atoms with Crippen LogP contribution in [0, 0.1) is 10.8 Å². The van der Waals surface area contributed by atoms with Crippen LogP contribution in [0.3, 0.4) is 0 Å². The number of hydrogen-bond acceptors (Lipinski definition) is 1. The van der Waals surface area contributed by atoms with Gasteiger partial charge in [0, 0.05) is 27.6 Å². The van der Waals surface area contributed by atoms with Gasteiger partial charge >= 0.3 is 0 Å². The lowest BCUT2D eigenvalue weighted by Crippen LogP contribution is -2.37. The van der Waals surface area contributed by atoms with Gasteiger partial charge in [-0.3, -0.25) is 4.79 Å². The van der Waals surface area contributed by atoms with E-state index in [1.807, 2.05) is 12.1 Å². The zero-order valence-corrected chi connectivity index (χ0v) is 15.1. The Morgan fingerprint density at radius 2 is 2.00 bits per heavy atom. The SMILES string of the molecule is CC1(C)CC2CC(C)(CN2C(=O)c2cc(Cl)cc(Br)c2)C1. The van der Waals surface area contributed by atoms with Gasteiger partial charge in [-0.1, -0.05) is 48.3 Å². The third kappa shape index (κ3) is 3.00. The highest BCUT2D eigenvalue weighted by atomic mass is 79.9. The molecule has 2 aliphatic rings. The van der Waals surface area contributed by atoms with Gasteiger partial charge in [0.1, 0.15) is 0 Å². The van der Waals surface area contributed by atoms with E-state index < -0.39 is 0 Å². The van der Waals surface area contributed by atoms with Crippen molar-refractivity contribution in [3.8, 4) is 0 Å². The summed E-state index contributed by atoms with van der Waals surface area (Å²) in [4.78, 5) is 15.0. The first kappa shape index (κ1) is 15.4. The fraction of sp³-hybridized carbons (Fsp3) is 0.588. The molecule has 2 nitrogen and oxygen atoms in total. The minimum atomic E-state index is 0.115. The van der Waals surface area contributed by atoms with Crippen molar-refractivity contribution in [2.24, 2.45) is 10.8 Å². The van der Waals surface area contributed by atoms with Crippen molar-refractivity contribution in [2.45, 2.75) is 46.1 Å². The van der Waals surface area contributed by atoms with E-state index in [4.69, 9.17) is 11.6 Å². The van der Waals surface area contributed by atoms with Crippen LogP contribution in [0.2, 0.25) is 5.02 Å². The normalized spacial score (nSPS) is 30.5. The molecule has 2 unspecified atom stereocenters. The number of amides is 1. The maximum Gasteiger partial charge on any atom is 0.254 e. The van der Waals surface area contributed by atoms with Crippen LogP contribution in [0.1, 0.15) is 50.4 Å². The van der Waals surface area contributed by atoms with Gasteiger partial charge in [0.15, 0.2) is 0 Å². The first-order valence-corrected chi connectivity index (χ1v) is 8.62. The topological polar surface area (TPSA) is 20.3 Å². The highest BCUT2D eigenvalue weighted by molar-refractivity contribution is 9.10. The lowest BCUT2D eigenvalue weighted by Gasteiger charge is -2.39. The van der Waals surface area contributed by atoms with Gasteiger partial charge < -0.3 is 4.90 Å². The average molecular weight is 371 g/mol. The third-order valence-corrected chi connectivity index (χ3v) is 5.46. The van der Waals surface area contributed by atoms with Crippen LogP contribution in [-0.4, -0.2) is 23.4 Å². The minimum absolute atomic E-state index is 0.115. The summed E-state index contributed by atoms with van der Waals surface area (Å²) >= 11 is 9.50. The summed E-state index contributed by atoms with van der Waals surface area (Å²) in [5.74, 6) is 0.115. The molecule has 1 saturated carbocycles. The zero-order chi connectivity index (χ0) is 15.4. The molecule has 1 aliphatic carbocycles. The molecule has 21 heavy (non-hydrogen) atoms. The van der Waals surface area contributed by atoms with Gasteiger partial charge in [-0.15, -0.1) is 0 Å². The van der Waals surface area contributed by atoms with Gasteiger partial charge in [-0.25, -0.2) is 0 Å². The number of fused-ring (bicyclic) bond motifs is 2. The van der Waals surface area contributed by atoms with Crippen LogP contribution < -0.4 is 0 Å². The lowest BCUT2D eigenvalue weighted by molar-refractivity contribution is 0.0708. The molecule has 1 heterocycles. The van der Waals surface area contributed by atoms with E-state index in [0.29, 0.717) is 22.0 Å². The molecule has 0 spiro atoms. The van der Waals surface area contributed by atoms with Gasteiger partial charge in [0.2, 0.25) is 0 Å². The molecule has 3 rings (SSSR count). The standard InChI is InChI=1S/C17H21BrClNO/c1-16(2)7-14-8-17(3,9-16)10-20(14)15(21)11-4-12(18)6-13(19)5-11/h4-6,14H,7-10H2,1-3H3. The van der Waals surface area contributed by atoms with Crippen molar-refractivity contribution >= 4 is 33.4 Å². The van der Waals surface area contributed by atoms with E-state index in [1.165, 1.54) is 6.42 Å². The maximum absolute atomic E-state index is 12.9. The number of carbonyl (C=O) groups is 1. The quantitative estimate of drug-likeness (QED) is 0.670. The number of benzene rings is 1. The smallest absolute Gasteiger partial charge is 0.254 e. The van der Waals surface area contributed by atoms with Gasteiger partial charge in [0.05, 0.1) is 0 Å². The molecule has 2 atom stereocenters. The van der Waals surface area contributed by atoms with Crippen LogP contribution in [0.4, 0.5) is 0 Å². The molecule has 0 aromatic heterocycles. The van der Waals surface area contributed by atoms with E-state index in [0.717, 1.165) is 23.9 Å². The Labute approximate surface area is 140 Å². The van der Waals surface area contributed by atoms with Crippen LogP contribution >= 0.6 is 27.5 Å². The minimum Gasteiger partial charge on any atom is -0.335 e. The van der Waals surface area contributed by atoms with E-state index in [2.05, 4.69) is 41.6 Å². The Morgan fingerprint density at radius 3 is 2.67 bits per heavy atom. The van der Waals surface area contributed by atoms with Crippen molar-refractivity contribution in [3.05, 3.63) is 33.3 Å². The lowest BCUT2D eigenvalue weighted by atomic mass is 9.65. The predicted octanol–water partition coefficient (Wildman–Crippen LogP) is 5.14. The zero-order valence-electron chi connectivity index (χ0n) is 12.7. The second-order valence-electron chi connectivity index (χ2n) is 7.80. The molecule has 2 fully saturated rings. The second kappa shape index (κ2) is 4.99. The summed E-state index contributed by atoms with van der Waals surface area (Å²) in [7, 11) is 0. The fourth-order valence-corrected chi connectivity index (χ4v) is 5.40. The number of likely N-dealkylation sites (tertiary alicyclic amines) is 1. The molecular formula is C17H21BrClNO. The van der Waals surface area contributed by atoms with Gasteiger partial charge in [0.25, 0.3) is 5.91 Å². The Balaban J connectivity index is 1.89. The average Bonchev–Trinajstić information content (AvgIpc) is 2.56. The van der Waals surface area contributed by atoms with Crippen LogP contribution in [0.15, 0.2) is 22.7 Å². The summed E-state index contributed by atoms with van der Waals surface area (Å²) in [6.45, 7) is 7.83. The summed E-state index contributed by atoms with van der Waals surface area (Å²) in [5, 5.41) is 0.599. The third-order valence-electron chi connectivity index (χ3n) is 4.79. The molecule has 1 aromatic rings. The van der Waals surface area contributed by atoms with Crippen molar-refractivity contribution in [2.75, 3.05) is 6.54 Å². The monoisotopic (exact) mass is 369 g/mol. The molecule has 1 aliphatic heterocycles. The first-order valence-electron chi connectivity index (χ1n) is 7.45. The number of hydrogen-bond donors (Lipinski definition) is 0. The molecular weight excluding hydrogens is 350 g/mol. The first-order chi connectivity index (χ1) is 9.67. The summed E-state index contributed by atoms with van der Waals surface area (Å²) in [6.07, 6.45) is 3.42. The Kier molecular flexibility index (Phi) is 3.65. The highest BCUT2D eigenvalue weighted by Gasteiger charge is 2.51. The molecule has 1 saturated heterocycles. The number of rotatable bonds is 1. The fourth-order valence-electron chi connectivity index (χ4n) is 4.54. The molecule has 1 amide bonds. The van der Waals surface area contributed by atoms with Gasteiger partial charge in [-0.2, -0.15) is 0 Å². The number of carbonyl (C=O) groups excluding carboxylic acids is 1. The Hall–Kier alpha value is -0.540. The summed E-state index contributed by atoms with van der Waals surface area (Å²) in [5.41, 5.74) is 1.27. The van der Waals surface area contributed by atoms with E-state index in [1.54, 1.807) is 6.07 Å². The van der Waals surface area contributed by atoms with Crippen LogP contribution in [0.5, 0.6) is 0 Å². The highest BCUT2D eigenvalue weighted by Crippen LogP contribution is 2.52. The number of nitrogens with zero attached hydrogens (tertiary/aromatic N) is 1. The molecule has 4 heteroatoms. The molecule has 114 valence electrons. The summed E-state index contributed by atoms with van der Waals surface area (Å²) < 4.78 is 0.854. The predicted molar refractivity (Wildman–Crippen MR) is 89.7 cm³/mol. The Morgan fingerprint density at radius 1 is 1.29 bits per heavy atom. The van der Waals surface area contributed by atoms with Crippen LogP contribution in [0.25, 0.3) is 0 Å². The molecule has 0 radical (unpaired) electrons. The van der Waals surface area contributed by atoms with Crippen LogP contribution in [-0.2, 0) is 0 Å².